The Morgan fingerprint density at radius 1 is 1.09 bits per heavy atom. The molecular weight excluding hydrogens is 659 g/mol. The van der Waals surface area contributed by atoms with Gasteiger partial charge in [-0.25, -0.2) is 22.3 Å². The van der Waals surface area contributed by atoms with Gasteiger partial charge in [-0.3, -0.25) is 4.55 Å². The summed E-state index contributed by atoms with van der Waals surface area (Å²) < 4.78 is 105. The molecule has 3 N–H and O–H groups in total. The number of rotatable bonds is 11. The van der Waals surface area contributed by atoms with E-state index in [1.807, 2.05) is 11.5 Å². The van der Waals surface area contributed by atoms with Crippen molar-refractivity contribution in [2.75, 3.05) is 36.5 Å². The van der Waals surface area contributed by atoms with E-state index in [0.29, 0.717) is 23.7 Å². The van der Waals surface area contributed by atoms with Gasteiger partial charge in [-0.15, -0.1) is 0 Å². The second-order valence-electron chi connectivity index (χ2n) is 10.4. The van der Waals surface area contributed by atoms with Crippen LogP contribution < -0.4 is 19.1 Å². The zero-order valence-corrected chi connectivity index (χ0v) is 27.3. The number of imidazole rings is 1. The van der Waals surface area contributed by atoms with Gasteiger partial charge in [0.15, 0.2) is 11.0 Å². The number of halogens is 4. The Bertz CT molecular complexity index is 1890. The van der Waals surface area contributed by atoms with Crippen LogP contribution in [0.15, 0.2) is 53.2 Å². The van der Waals surface area contributed by atoms with Crippen LogP contribution in [0.2, 0.25) is 5.02 Å². The average molecular weight is 693 g/mol. The maximum absolute atomic E-state index is 13.8. The molecule has 2 heterocycles. The number of benzene rings is 2. The molecule has 1 atom stereocenters. The van der Waals surface area contributed by atoms with E-state index in [4.69, 9.17) is 11.6 Å². The molecule has 0 saturated heterocycles. The lowest BCUT2D eigenvalue weighted by Crippen LogP contribution is -2.35. The molecule has 2 aromatic carbocycles. The van der Waals surface area contributed by atoms with E-state index in [1.54, 1.807) is 46.9 Å². The molecule has 3 aromatic rings. The Kier molecular flexibility index (Phi) is 9.97. The van der Waals surface area contributed by atoms with E-state index < -0.39 is 42.2 Å². The topological polar surface area (TPSA) is 136 Å². The standard InChI is InChI=1S/C28H33ClF3N5O6S2/c1-5-35-22-10-9-19(44(39,40)33-3)15-23(22)34(4)26(35)7-6-8-27-36(12-11-18(2)45(41,42)43)24-16-20(28(30,31)32)21(29)17-25(24)37(27)13-14-38/h6-10,15-18,33,38H,5,11-14H2,1-4H3/p+1. The lowest BCUT2D eigenvalue weighted by atomic mass is 10.1. The second kappa shape index (κ2) is 12.9. The van der Waals surface area contributed by atoms with E-state index in [9.17, 15) is 39.7 Å². The van der Waals surface area contributed by atoms with Crippen molar-refractivity contribution >= 4 is 60.2 Å². The van der Waals surface area contributed by atoms with Gasteiger partial charge in [0.2, 0.25) is 10.0 Å². The van der Waals surface area contributed by atoms with Crippen molar-refractivity contribution in [3.05, 3.63) is 64.7 Å². The zero-order chi connectivity index (χ0) is 33.5. The predicted molar refractivity (Wildman–Crippen MR) is 166 cm³/mol. The third kappa shape index (κ3) is 6.85. The third-order valence-electron chi connectivity index (χ3n) is 7.70. The molecule has 1 aliphatic rings. The van der Waals surface area contributed by atoms with Crippen LogP contribution in [0.3, 0.4) is 0 Å². The number of fused-ring (bicyclic) bond motifs is 2. The van der Waals surface area contributed by atoms with E-state index in [0.717, 1.165) is 17.6 Å². The van der Waals surface area contributed by atoms with E-state index in [-0.39, 0.29) is 42.4 Å². The van der Waals surface area contributed by atoms with Crippen LogP contribution in [-0.2, 0) is 39.9 Å². The fourth-order valence-corrected chi connectivity index (χ4v) is 6.69. The summed E-state index contributed by atoms with van der Waals surface area (Å²) in [7, 11) is -5.00. The molecule has 17 heteroatoms. The highest BCUT2D eigenvalue weighted by molar-refractivity contribution is 7.89. The Morgan fingerprint density at radius 3 is 2.31 bits per heavy atom. The van der Waals surface area contributed by atoms with Gasteiger partial charge < -0.3 is 14.9 Å². The minimum atomic E-state index is -4.76. The van der Waals surface area contributed by atoms with Crippen molar-refractivity contribution in [2.45, 2.75) is 43.1 Å². The lowest BCUT2D eigenvalue weighted by molar-refractivity contribution is -0.670. The fourth-order valence-electron chi connectivity index (χ4n) is 5.27. The van der Waals surface area contributed by atoms with Crippen LogP contribution in [0.4, 0.5) is 24.5 Å². The summed E-state index contributed by atoms with van der Waals surface area (Å²) in [6.07, 6.45) is 0.137. The summed E-state index contributed by atoms with van der Waals surface area (Å²) in [5.74, 6) is 1.03. The predicted octanol–water partition coefficient (Wildman–Crippen LogP) is 3.91. The minimum Gasteiger partial charge on any atom is -0.395 e. The average Bonchev–Trinajstić information content (AvgIpc) is 3.39. The number of allylic oxidation sites excluding steroid dienone is 2. The SMILES string of the molecule is CC[n+]1c(C=CC=C2N(CCO)c3cc(Cl)c(C(F)(F)F)cc3N2CCC(C)S(=O)(=O)O)n(C)c2cc(S(=O)(=O)NC)ccc21. The Labute approximate surface area is 264 Å². The first-order valence-electron chi connectivity index (χ1n) is 13.8. The molecule has 4 rings (SSSR count). The summed E-state index contributed by atoms with van der Waals surface area (Å²) in [6, 6.07) is 6.81. The number of hydrogen-bond donors (Lipinski definition) is 3. The molecule has 0 spiro atoms. The Hall–Kier alpha value is -3.15. The van der Waals surface area contributed by atoms with Gasteiger partial charge in [-0.1, -0.05) is 17.7 Å². The van der Waals surface area contributed by atoms with E-state index >= 15 is 0 Å². The molecule has 11 nitrogen and oxygen atoms in total. The summed E-state index contributed by atoms with van der Waals surface area (Å²) in [5.41, 5.74) is 0.732. The number of aryl methyl sites for hydroxylation is 2. The molecule has 0 amide bonds. The molecule has 45 heavy (non-hydrogen) atoms. The van der Waals surface area contributed by atoms with Gasteiger partial charge in [0.1, 0.15) is 5.82 Å². The van der Waals surface area contributed by atoms with Crippen molar-refractivity contribution in [1.82, 2.24) is 9.29 Å². The lowest BCUT2D eigenvalue weighted by Gasteiger charge is -2.25. The number of nitrogens with zero attached hydrogens (tertiary/aromatic N) is 4. The number of aliphatic hydroxyl groups is 1. The molecule has 0 bridgehead atoms. The van der Waals surface area contributed by atoms with Gasteiger partial charge in [0.25, 0.3) is 15.9 Å². The molecule has 1 aromatic heterocycles. The molecule has 0 aliphatic carbocycles. The first-order valence-corrected chi connectivity index (χ1v) is 17.2. The van der Waals surface area contributed by atoms with Gasteiger partial charge in [-0.05, 0) is 57.7 Å². The second-order valence-corrected chi connectivity index (χ2v) is 14.5. The number of hydrogen-bond acceptors (Lipinski definition) is 7. The molecular formula is C28H34ClF3N5O6S2+. The summed E-state index contributed by atoms with van der Waals surface area (Å²) >= 11 is 6.04. The number of nitrogens with one attached hydrogen (secondary N) is 1. The number of β-amino-alcohol motifs (C(OH)–C–C–N with tert-alkyl or cyclic N) is 1. The summed E-state index contributed by atoms with van der Waals surface area (Å²) in [4.78, 5) is 3.16. The largest absolute Gasteiger partial charge is 0.417 e. The maximum Gasteiger partial charge on any atom is 0.417 e. The highest BCUT2D eigenvalue weighted by Gasteiger charge is 2.39. The number of aromatic nitrogens is 2. The monoisotopic (exact) mass is 692 g/mol. The molecule has 1 aliphatic heterocycles. The number of sulfonamides is 1. The van der Waals surface area contributed by atoms with Crippen LogP contribution >= 0.6 is 11.6 Å². The van der Waals surface area contributed by atoms with Crippen molar-refractivity contribution < 1.29 is 44.2 Å². The first-order chi connectivity index (χ1) is 21.0. The highest BCUT2D eigenvalue weighted by atomic mass is 35.5. The summed E-state index contributed by atoms with van der Waals surface area (Å²) in [6.45, 7) is 3.30. The molecule has 0 radical (unpaired) electrons. The van der Waals surface area contributed by atoms with Crippen LogP contribution in [0.25, 0.3) is 17.1 Å². The normalized spacial score (nSPS) is 16.0. The van der Waals surface area contributed by atoms with E-state index in [1.165, 1.54) is 24.9 Å². The molecule has 0 saturated carbocycles. The van der Waals surface area contributed by atoms with Crippen LogP contribution in [0.5, 0.6) is 0 Å². The van der Waals surface area contributed by atoms with E-state index in [2.05, 4.69) is 4.72 Å². The van der Waals surface area contributed by atoms with Crippen molar-refractivity contribution in [1.29, 1.82) is 0 Å². The summed E-state index contributed by atoms with van der Waals surface area (Å²) in [5, 5.41) is 8.10. The third-order valence-corrected chi connectivity index (χ3v) is 10.7. The number of aliphatic hydroxyl groups excluding tert-OH is 1. The first kappa shape index (κ1) is 34.7. The van der Waals surface area contributed by atoms with Crippen LogP contribution in [-0.4, -0.2) is 63.1 Å². The van der Waals surface area contributed by atoms with Crippen molar-refractivity contribution in [3.8, 4) is 0 Å². The number of alkyl halides is 3. The smallest absolute Gasteiger partial charge is 0.395 e. The van der Waals surface area contributed by atoms with Gasteiger partial charge in [-0.2, -0.15) is 21.6 Å². The van der Waals surface area contributed by atoms with Crippen molar-refractivity contribution in [2.24, 2.45) is 7.05 Å². The zero-order valence-electron chi connectivity index (χ0n) is 24.9. The van der Waals surface area contributed by atoms with Crippen LogP contribution in [0.1, 0.15) is 31.7 Å². The van der Waals surface area contributed by atoms with Gasteiger partial charge in [0.05, 0.1) is 52.3 Å². The highest BCUT2D eigenvalue weighted by Crippen LogP contribution is 2.47. The van der Waals surface area contributed by atoms with Crippen LogP contribution in [0, 0.1) is 0 Å². The maximum atomic E-state index is 13.8. The van der Waals surface area contributed by atoms with Gasteiger partial charge >= 0.3 is 6.18 Å². The number of anilines is 2. The molecule has 1 unspecified atom stereocenters. The molecule has 0 fully saturated rings. The quantitative estimate of drug-likeness (QED) is 0.204. The van der Waals surface area contributed by atoms with Crippen molar-refractivity contribution in [3.63, 3.8) is 0 Å². The minimum absolute atomic E-state index is 0.00949. The molecule has 246 valence electrons. The Morgan fingerprint density at radius 2 is 1.73 bits per heavy atom. The van der Waals surface area contributed by atoms with Gasteiger partial charge in [0, 0.05) is 25.2 Å². The Balaban J connectivity index is 1.84. The fraction of sp³-hybridized carbons (Fsp3) is 0.393.